The number of hydrogen-bond acceptors (Lipinski definition) is 7. The quantitative estimate of drug-likeness (QED) is 0.704. The van der Waals surface area contributed by atoms with Crippen LogP contribution in [0.5, 0.6) is 5.75 Å². The van der Waals surface area contributed by atoms with Crippen molar-refractivity contribution in [2.45, 2.75) is 45.2 Å². The first-order chi connectivity index (χ1) is 16.7. The highest BCUT2D eigenvalue weighted by Crippen LogP contribution is 2.30. The van der Waals surface area contributed by atoms with E-state index in [2.05, 4.69) is 22.9 Å². The summed E-state index contributed by atoms with van der Waals surface area (Å²) in [6.45, 7) is 11.1. The Morgan fingerprint density at radius 3 is 2.57 bits per heavy atom. The fourth-order valence-electron chi connectivity index (χ4n) is 5.34. The van der Waals surface area contributed by atoms with E-state index in [1.54, 1.807) is 29.5 Å². The molecule has 3 aliphatic rings. The number of benzene rings is 1. The molecule has 5 rings (SSSR count). The maximum Gasteiger partial charge on any atom is 0.354 e. The van der Waals surface area contributed by atoms with Gasteiger partial charge in [0.25, 0.3) is 0 Å². The first kappa shape index (κ1) is 23.8. The summed E-state index contributed by atoms with van der Waals surface area (Å²) in [6, 6.07) is 8.27. The van der Waals surface area contributed by atoms with Crippen LogP contribution in [0, 0.1) is 5.92 Å². The van der Waals surface area contributed by atoms with Gasteiger partial charge in [0.2, 0.25) is 5.91 Å². The van der Waals surface area contributed by atoms with E-state index >= 15 is 0 Å². The lowest BCUT2D eigenvalue weighted by atomic mass is 10.0. The number of rotatable bonds is 4. The van der Waals surface area contributed by atoms with Gasteiger partial charge in [0.1, 0.15) is 18.2 Å². The summed E-state index contributed by atoms with van der Waals surface area (Å²) in [5.41, 5.74) is 6.69. The zero-order chi connectivity index (χ0) is 24.7. The van der Waals surface area contributed by atoms with Crippen molar-refractivity contribution in [2.24, 2.45) is 11.7 Å². The van der Waals surface area contributed by atoms with E-state index in [1.165, 1.54) is 12.0 Å². The molecule has 9 heteroatoms. The monoisotopic (exact) mass is 480 g/mol. The normalized spacial score (nSPS) is 23.2. The van der Waals surface area contributed by atoms with E-state index in [9.17, 15) is 9.59 Å². The molecule has 1 amide bonds. The summed E-state index contributed by atoms with van der Waals surface area (Å²) < 4.78 is 7.68. The van der Waals surface area contributed by atoms with Crippen LogP contribution in [-0.4, -0.2) is 82.7 Å². The standard InChI is InChI=1S/C26H36N6O3/c1-18-6-8-31(16-18)21-14-19-4-5-20(15-22(19)35-17-21)32-9-7-23(28-25(32)34)29-10-12-30(13-11-29)24(33)26(2,3)27/h4-5,7,9,15,18,21H,6,8,10-14,16-17,27H2,1-3H3. The van der Waals surface area contributed by atoms with Crippen LogP contribution in [0.3, 0.4) is 0 Å². The SMILES string of the molecule is CC1CCN(C2COc3cc(-n4ccc(N5CCN(C(=O)C(C)(C)N)CC5)nc4=O)ccc3C2)C1. The number of hydrogen-bond donors (Lipinski definition) is 1. The number of likely N-dealkylation sites (tertiary alicyclic amines) is 1. The Hall–Kier alpha value is -2.91. The molecule has 35 heavy (non-hydrogen) atoms. The highest BCUT2D eigenvalue weighted by atomic mass is 16.5. The third-order valence-electron chi connectivity index (χ3n) is 7.42. The number of nitrogens with zero attached hydrogens (tertiary/aromatic N) is 5. The molecule has 1 aromatic carbocycles. The molecule has 2 N–H and O–H groups in total. The van der Waals surface area contributed by atoms with Crippen LogP contribution in [0.25, 0.3) is 5.69 Å². The summed E-state index contributed by atoms with van der Waals surface area (Å²) in [7, 11) is 0. The minimum atomic E-state index is -0.882. The molecule has 2 aromatic rings. The van der Waals surface area contributed by atoms with Crippen molar-refractivity contribution in [1.82, 2.24) is 19.4 Å². The zero-order valence-corrected chi connectivity index (χ0v) is 20.9. The van der Waals surface area contributed by atoms with Gasteiger partial charge in [-0.1, -0.05) is 13.0 Å². The number of nitrogens with two attached hydrogens (primary N) is 1. The molecule has 2 saturated heterocycles. The van der Waals surface area contributed by atoms with Crippen LogP contribution < -0.4 is 21.1 Å². The lowest BCUT2D eigenvalue weighted by molar-refractivity contribution is -0.136. The van der Waals surface area contributed by atoms with Crippen molar-refractivity contribution in [3.05, 3.63) is 46.5 Å². The van der Waals surface area contributed by atoms with Crippen molar-refractivity contribution in [1.29, 1.82) is 0 Å². The van der Waals surface area contributed by atoms with Gasteiger partial charge in [-0.15, -0.1) is 0 Å². The predicted octanol–water partition coefficient (Wildman–Crippen LogP) is 1.26. The fraction of sp³-hybridized carbons (Fsp3) is 0.577. The molecule has 2 atom stereocenters. The molecule has 188 valence electrons. The van der Waals surface area contributed by atoms with Gasteiger partial charge in [-0.05, 0) is 56.8 Å². The van der Waals surface area contributed by atoms with Crippen LogP contribution in [0.15, 0.2) is 35.3 Å². The molecule has 0 spiro atoms. The molecule has 2 fully saturated rings. The number of ether oxygens (including phenoxy) is 1. The molecule has 4 heterocycles. The smallest absolute Gasteiger partial charge is 0.354 e. The molecule has 0 radical (unpaired) electrons. The van der Waals surface area contributed by atoms with Crippen LogP contribution in [0.1, 0.15) is 32.8 Å². The molecule has 2 unspecified atom stereocenters. The van der Waals surface area contributed by atoms with Crippen LogP contribution in [-0.2, 0) is 11.2 Å². The van der Waals surface area contributed by atoms with Crippen molar-refractivity contribution in [3.63, 3.8) is 0 Å². The van der Waals surface area contributed by atoms with Crippen LogP contribution in [0.2, 0.25) is 0 Å². The van der Waals surface area contributed by atoms with Crippen molar-refractivity contribution in [2.75, 3.05) is 50.8 Å². The van der Waals surface area contributed by atoms with E-state index in [0.29, 0.717) is 44.6 Å². The van der Waals surface area contributed by atoms with E-state index in [-0.39, 0.29) is 11.6 Å². The van der Waals surface area contributed by atoms with E-state index < -0.39 is 5.54 Å². The van der Waals surface area contributed by atoms with E-state index in [0.717, 1.165) is 36.9 Å². The van der Waals surface area contributed by atoms with Gasteiger partial charge in [-0.2, -0.15) is 4.98 Å². The number of fused-ring (bicyclic) bond motifs is 1. The highest BCUT2D eigenvalue weighted by Gasteiger charge is 2.31. The van der Waals surface area contributed by atoms with E-state index in [4.69, 9.17) is 10.5 Å². The maximum absolute atomic E-state index is 12.9. The summed E-state index contributed by atoms with van der Waals surface area (Å²) in [4.78, 5) is 36.0. The molecule has 3 aliphatic heterocycles. The van der Waals surface area contributed by atoms with Crippen LogP contribution in [0.4, 0.5) is 5.82 Å². The van der Waals surface area contributed by atoms with Crippen molar-refractivity contribution >= 4 is 11.7 Å². The third-order valence-corrected chi connectivity index (χ3v) is 7.42. The Labute approximate surface area is 206 Å². The lowest BCUT2D eigenvalue weighted by Gasteiger charge is -2.38. The molecular formula is C26H36N6O3. The second-order valence-electron chi connectivity index (χ2n) is 10.8. The first-order valence-corrected chi connectivity index (χ1v) is 12.6. The minimum Gasteiger partial charge on any atom is -0.492 e. The van der Waals surface area contributed by atoms with Gasteiger partial charge in [-0.25, -0.2) is 4.79 Å². The first-order valence-electron chi connectivity index (χ1n) is 12.6. The van der Waals surface area contributed by atoms with Crippen molar-refractivity contribution < 1.29 is 9.53 Å². The van der Waals surface area contributed by atoms with Crippen molar-refractivity contribution in [3.8, 4) is 11.4 Å². The topological polar surface area (TPSA) is 96.9 Å². The Kier molecular flexibility index (Phi) is 6.31. The Bertz CT molecular complexity index is 1150. The molecule has 9 nitrogen and oxygen atoms in total. The summed E-state index contributed by atoms with van der Waals surface area (Å²) in [5.74, 6) is 2.18. The number of anilines is 1. The second-order valence-corrected chi connectivity index (χ2v) is 10.8. The molecule has 1 aromatic heterocycles. The van der Waals surface area contributed by atoms with Gasteiger partial charge in [0, 0.05) is 51.0 Å². The Balaban J connectivity index is 1.26. The number of carbonyl (C=O) groups excluding carboxylic acids is 1. The maximum atomic E-state index is 12.9. The largest absolute Gasteiger partial charge is 0.492 e. The highest BCUT2D eigenvalue weighted by molar-refractivity contribution is 5.85. The van der Waals surface area contributed by atoms with Crippen LogP contribution >= 0.6 is 0 Å². The van der Waals surface area contributed by atoms with Gasteiger partial charge in [-0.3, -0.25) is 14.3 Å². The minimum absolute atomic E-state index is 0.0588. The second kappa shape index (κ2) is 9.28. The predicted molar refractivity (Wildman–Crippen MR) is 135 cm³/mol. The lowest BCUT2D eigenvalue weighted by Crippen LogP contribution is -2.57. The Morgan fingerprint density at radius 2 is 1.91 bits per heavy atom. The van der Waals surface area contributed by atoms with Gasteiger partial charge >= 0.3 is 5.69 Å². The molecular weight excluding hydrogens is 444 g/mol. The number of piperazine rings is 1. The van der Waals surface area contributed by atoms with Gasteiger partial charge in [0.15, 0.2) is 0 Å². The number of amides is 1. The third kappa shape index (κ3) is 4.92. The molecule has 0 aliphatic carbocycles. The number of carbonyl (C=O) groups is 1. The average Bonchev–Trinajstić information content (AvgIpc) is 3.28. The average molecular weight is 481 g/mol. The molecule has 0 saturated carbocycles. The summed E-state index contributed by atoms with van der Waals surface area (Å²) >= 11 is 0. The fourth-order valence-corrected chi connectivity index (χ4v) is 5.34. The van der Waals surface area contributed by atoms with Gasteiger partial charge in [0.05, 0.1) is 11.2 Å². The zero-order valence-electron chi connectivity index (χ0n) is 20.9. The van der Waals surface area contributed by atoms with E-state index in [1.807, 2.05) is 23.1 Å². The van der Waals surface area contributed by atoms with Gasteiger partial charge < -0.3 is 20.3 Å². The Morgan fingerprint density at radius 1 is 1.14 bits per heavy atom. The number of aromatic nitrogens is 2. The molecule has 0 bridgehead atoms. The summed E-state index contributed by atoms with van der Waals surface area (Å²) in [5, 5.41) is 0. The summed E-state index contributed by atoms with van der Waals surface area (Å²) in [6.07, 6.45) is 4.00.